The highest BCUT2D eigenvalue weighted by Gasteiger charge is 2.25. The second-order valence-electron chi connectivity index (χ2n) is 7.55. The van der Waals surface area contributed by atoms with Gasteiger partial charge in [0.2, 0.25) is 10.0 Å². The molecule has 0 aliphatic heterocycles. The van der Waals surface area contributed by atoms with E-state index in [-0.39, 0.29) is 10.6 Å². The lowest BCUT2D eigenvalue weighted by molar-refractivity contribution is -0.135. The van der Waals surface area contributed by atoms with Gasteiger partial charge in [-0.05, 0) is 62.6 Å². The van der Waals surface area contributed by atoms with Crippen LogP contribution in [0.5, 0.6) is 5.75 Å². The van der Waals surface area contributed by atoms with Crippen molar-refractivity contribution in [3.63, 3.8) is 0 Å². The van der Waals surface area contributed by atoms with E-state index in [4.69, 9.17) is 9.15 Å². The van der Waals surface area contributed by atoms with Gasteiger partial charge in [-0.1, -0.05) is 31.0 Å². The number of aryl methyl sites for hydroxylation is 3. The summed E-state index contributed by atoms with van der Waals surface area (Å²) < 4.78 is 38.4. The molecular weight excluding hydrogens is 418 g/mol. The molecule has 0 bridgehead atoms. The fourth-order valence-corrected chi connectivity index (χ4v) is 4.47. The van der Waals surface area contributed by atoms with Gasteiger partial charge in [-0.15, -0.1) is 0 Å². The van der Waals surface area contributed by atoms with Crippen LogP contribution in [0.3, 0.4) is 0 Å². The van der Waals surface area contributed by atoms with Crippen LogP contribution in [-0.4, -0.2) is 20.4 Å². The lowest BCUT2D eigenvalue weighted by Crippen LogP contribution is -2.40. The van der Waals surface area contributed by atoms with Gasteiger partial charge in [0.05, 0.1) is 10.3 Å². The summed E-state index contributed by atoms with van der Waals surface area (Å²) in [5, 5.41) is 0.536. The minimum atomic E-state index is -3.90. The van der Waals surface area contributed by atoms with Crippen LogP contribution in [0.15, 0.2) is 56.6 Å². The lowest BCUT2D eigenvalue weighted by Gasteiger charge is -2.16. The largest absolute Gasteiger partial charge is 0.425 e. The van der Waals surface area contributed by atoms with Gasteiger partial charge in [0.1, 0.15) is 17.4 Å². The summed E-state index contributed by atoms with van der Waals surface area (Å²) in [6.45, 7) is 7.03. The first-order valence-corrected chi connectivity index (χ1v) is 11.5. The van der Waals surface area contributed by atoms with Gasteiger partial charge in [-0.2, -0.15) is 4.72 Å². The predicted molar refractivity (Wildman–Crippen MR) is 118 cm³/mol. The zero-order chi connectivity index (χ0) is 22.8. The summed E-state index contributed by atoms with van der Waals surface area (Å²) in [5.41, 5.74) is 2.22. The maximum Gasteiger partial charge on any atom is 0.336 e. The van der Waals surface area contributed by atoms with Gasteiger partial charge in [0.25, 0.3) is 0 Å². The maximum atomic E-state index is 12.7. The fourth-order valence-electron chi connectivity index (χ4n) is 3.28. The Balaban J connectivity index is 1.90. The number of sulfonamides is 1. The van der Waals surface area contributed by atoms with Gasteiger partial charge < -0.3 is 9.15 Å². The van der Waals surface area contributed by atoms with E-state index in [2.05, 4.69) is 4.72 Å². The minimum Gasteiger partial charge on any atom is -0.425 e. The van der Waals surface area contributed by atoms with Crippen LogP contribution in [0.2, 0.25) is 0 Å². The van der Waals surface area contributed by atoms with Gasteiger partial charge >= 0.3 is 11.6 Å². The molecule has 0 aliphatic carbocycles. The Kier molecular flexibility index (Phi) is 6.62. The number of nitrogens with one attached hydrogen (secondary N) is 1. The number of fused-ring (bicyclic) bond motifs is 1. The number of carbonyl (C=O) groups is 1. The van der Waals surface area contributed by atoms with Crippen molar-refractivity contribution in [3.05, 3.63) is 69.6 Å². The van der Waals surface area contributed by atoms with Crippen molar-refractivity contribution in [2.75, 3.05) is 0 Å². The van der Waals surface area contributed by atoms with E-state index in [1.807, 2.05) is 13.8 Å². The standard InChI is InChI=1S/C23H25NO6S/c1-5-6-17-13-21(25)29-19-11-15(3)12-20(22(17)19)30-23(26)16(4)24-31(27,28)18-9-7-14(2)8-10-18/h7-13,16,24H,5-6H2,1-4H3/t16-/m0/s1. The van der Waals surface area contributed by atoms with Crippen molar-refractivity contribution >= 4 is 27.0 Å². The molecule has 1 heterocycles. The van der Waals surface area contributed by atoms with E-state index in [1.165, 1.54) is 25.1 Å². The molecule has 1 N–H and O–H groups in total. The Labute approximate surface area is 181 Å². The average molecular weight is 444 g/mol. The van der Waals surface area contributed by atoms with Crippen molar-refractivity contribution in [3.8, 4) is 5.75 Å². The number of hydrogen-bond donors (Lipinski definition) is 1. The molecule has 1 atom stereocenters. The summed E-state index contributed by atoms with van der Waals surface area (Å²) in [5.74, 6) is -0.537. The highest BCUT2D eigenvalue weighted by molar-refractivity contribution is 7.89. The molecule has 0 saturated heterocycles. The number of benzene rings is 2. The molecule has 0 fully saturated rings. The molecule has 0 aliphatic rings. The van der Waals surface area contributed by atoms with Crippen LogP contribution in [0.1, 0.15) is 37.0 Å². The topological polar surface area (TPSA) is 103 Å². The van der Waals surface area contributed by atoms with Crippen molar-refractivity contribution in [1.29, 1.82) is 0 Å². The zero-order valence-electron chi connectivity index (χ0n) is 17.9. The van der Waals surface area contributed by atoms with E-state index in [0.29, 0.717) is 23.0 Å². The molecule has 31 heavy (non-hydrogen) atoms. The molecule has 0 amide bonds. The quantitative estimate of drug-likeness (QED) is 0.340. The summed E-state index contributed by atoms with van der Waals surface area (Å²) >= 11 is 0. The van der Waals surface area contributed by atoms with Gasteiger partial charge in [-0.3, -0.25) is 0 Å². The van der Waals surface area contributed by atoms with E-state index in [0.717, 1.165) is 17.5 Å². The van der Waals surface area contributed by atoms with E-state index >= 15 is 0 Å². The third kappa shape index (κ3) is 5.21. The van der Waals surface area contributed by atoms with Crippen LogP contribution in [0.4, 0.5) is 0 Å². The normalized spacial score (nSPS) is 12.6. The molecule has 2 aromatic carbocycles. The van der Waals surface area contributed by atoms with Crippen molar-refractivity contribution in [2.45, 2.75) is 51.5 Å². The summed E-state index contributed by atoms with van der Waals surface area (Å²) in [6.07, 6.45) is 1.39. The SMILES string of the molecule is CCCc1cc(=O)oc2cc(C)cc(OC(=O)[C@H](C)NS(=O)(=O)c3ccc(C)cc3)c12. The molecule has 164 valence electrons. The van der Waals surface area contributed by atoms with E-state index < -0.39 is 27.7 Å². The highest BCUT2D eigenvalue weighted by atomic mass is 32.2. The van der Waals surface area contributed by atoms with Crippen LogP contribution in [0.25, 0.3) is 11.0 Å². The van der Waals surface area contributed by atoms with Crippen molar-refractivity contribution in [2.24, 2.45) is 0 Å². The van der Waals surface area contributed by atoms with Crippen LogP contribution in [0, 0.1) is 13.8 Å². The molecule has 0 saturated carbocycles. The first kappa shape index (κ1) is 22.7. The van der Waals surface area contributed by atoms with Gasteiger partial charge in [0.15, 0.2) is 0 Å². The first-order chi connectivity index (χ1) is 14.6. The summed E-state index contributed by atoms with van der Waals surface area (Å²) in [7, 11) is -3.90. The molecule has 8 heteroatoms. The maximum absolute atomic E-state index is 12.7. The Hall–Kier alpha value is -2.97. The van der Waals surface area contributed by atoms with Crippen LogP contribution < -0.4 is 15.1 Å². The molecular formula is C23H25NO6S. The fraction of sp³-hybridized carbons (Fsp3) is 0.304. The Morgan fingerprint density at radius 1 is 1.10 bits per heavy atom. The highest BCUT2D eigenvalue weighted by Crippen LogP contribution is 2.31. The van der Waals surface area contributed by atoms with Crippen LogP contribution >= 0.6 is 0 Å². The molecule has 3 aromatic rings. The number of esters is 1. The lowest BCUT2D eigenvalue weighted by atomic mass is 10.0. The smallest absolute Gasteiger partial charge is 0.336 e. The predicted octanol–water partition coefficient (Wildman–Crippen LogP) is 3.63. The number of carbonyl (C=O) groups excluding carboxylic acids is 1. The van der Waals surface area contributed by atoms with Gasteiger partial charge in [-0.25, -0.2) is 18.0 Å². The number of rotatable bonds is 7. The molecule has 0 unspecified atom stereocenters. The molecule has 3 rings (SSSR count). The third-order valence-electron chi connectivity index (χ3n) is 4.78. The van der Waals surface area contributed by atoms with Crippen molar-refractivity contribution in [1.82, 2.24) is 4.72 Å². The second kappa shape index (κ2) is 9.03. The molecule has 1 aromatic heterocycles. The first-order valence-electron chi connectivity index (χ1n) is 9.99. The van der Waals surface area contributed by atoms with Gasteiger partial charge in [0, 0.05) is 6.07 Å². The van der Waals surface area contributed by atoms with Crippen molar-refractivity contribution < 1.29 is 22.4 Å². The Bertz CT molecular complexity index is 1280. The zero-order valence-corrected chi connectivity index (χ0v) is 18.7. The number of hydrogen-bond acceptors (Lipinski definition) is 6. The number of ether oxygens (including phenoxy) is 1. The third-order valence-corrected chi connectivity index (χ3v) is 6.34. The van der Waals surface area contributed by atoms with E-state index in [9.17, 15) is 18.0 Å². The van der Waals surface area contributed by atoms with E-state index in [1.54, 1.807) is 31.2 Å². The molecule has 7 nitrogen and oxygen atoms in total. The minimum absolute atomic E-state index is 0.0609. The Morgan fingerprint density at radius 2 is 1.77 bits per heavy atom. The summed E-state index contributed by atoms with van der Waals surface area (Å²) in [4.78, 5) is 24.7. The van der Waals surface area contributed by atoms with Crippen LogP contribution in [-0.2, 0) is 21.2 Å². The average Bonchev–Trinajstić information content (AvgIpc) is 2.67. The monoisotopic (exact) mass is 443 g/mol. The summed E-state index contributed by atoms with van der Waals surface area (Å²) in [6, 6.07) is 9.94. The molecule has 0 spiro atoms. The second-order valence-corrected chi connectivity index (χ2v) is 9.27. The Morgan fingerprint density at radius 3 is 2.42 bits per heavy atom. The molecule has 0 radical (unpaired) electrons.